The predicted octanol–water partition coefficient (Wildman–Crippen LogP) is 5.91. The summed E-state index contributed by atoms with van der Waals surface area (Å²) in [6, 6.07) is 31.0. The minimum Gasteiger partial charge on any atom is -0.477 e. The van der Waals surface area contributed by atoms with Crippen LogP contribution in [0.3, 0.4) is 0 Å². The molecular formula is C35H35N5O4. The Bertz CT molecular complexity index is 1690. The third-order valence-electron chi connectivity index (χ3n) is 7.87. The molecule has 0 aliphatic heterocycles. The summed E-state index contributed by atoms with van der Waals surface area (Å²) in [5, 5.41) is 22.7. The van der Waals surface area contributed by atoms with Crippen molar-refractivity contribution >= 4 is 12.1 Å². The van der Waals surface area contributed by atoms with E-state index in [0.29, 0.717) is 24.1 Å². The first kappa shape index (κ1) is 28.9. The molecule has 0 spiro atoms. The van der Waals surface area contributed by atoms with Gasteiger partial charge in [-0.25, -0.2) is 14.3 Å². The topological polar surface area (TPSA) is 111 Å². The molecule has 0 saturated carbocycles. The molecule has 6 rings (SSSR count). The first-order valence-electron chi connectivity index (χ1n) is 14.7. The first-order chi connectivity index (χ1) is 21.2. The monoisotopic (exact) mass is 589 g/mol. The highest BCUT2D eigenvalue weighted by molar-refractivity contribution is 5.90. The van der Waals surface area contributed by atoms with Crippen molar-refractivity contribution in [1.29, 1.82) is 0 Å². The van der Waals surface area contributed by atoms with Crippen LogP contribution in [0.5, 0.6) is 0 Å². The SMILES string of the molecule is CC(C)(C)OC(=O)NCCn1nc2c(c1C(=O)O)CCc1c-2cnn1C(c1ccccc1)(c1ccccc1)c1ccccc1. The Morgan fingerprint density at radius 1 is 0.864 bits per heavy atom. The van der Waals surface area contributed by atoms with Gasteiger partial charge in [-0.2, -0.15) is 10.2 Å². The number of rotatable bonds is 8. The van der Waals surface area contributed by atoms with Crippen LogP contribution in [-0.4, -0.2) is 48.9 Å². The summed E-state index contributed by atoms with van der Waals surface area (Å²) in [5.41, 5.74) is 4.93. The molecule has 44 heavy (non-hydrogen) atoms. The number of alkyl carbamates (subject to hydrolysis) is 1. The van der Waals surface area contributed by atoms with Crippen molar-refractivity contribution in [1.82, 2.24) is 24.9 Å². The molecule has 0 saturated heterocycles. The molecule has 3 aromatic carbocycles. The van der Waals surface area contributed by atoms with E-state index in [2.05, 4.69) is 46.4 Å². The number of carboxylic acid groups (broad SMARTS) is 1. The number of aromatic nitrogens is 4. The molecule has 2 aromatic heterocycles. The zero-order valence-electron chi connectivity index (χ0n) is 25.0. The summed E-state index contributed by atoms with van der Waals surface area (Å²) >= 11 is 0. The highest BCUT2D eigenvalue weighted by Crippen LogP contribution is 2.44. The standard InChI is InChI=1S/C35H35N5O4/c1-34(2,3)44-33(43)36-21-22-39-31(32(41)42)27-19-20-29-28(30(27)38-39)23-37-40(29)35(24-13-7-4-8-14-24,25-15-9-5-10-16-25)26-17-11-6-12-18-26/h4-18,23H,19-22H2,1-3H3,(H,36,43)(H,41,42). The van der Waals surface area contributed by atoms with Gasteiger partial charge < -0.3 is 15.2 Å². The van der Waals surface area contributed by atoms with Crippen molar-refractivity contribution in [3.05, 3.63) is 131 Å². The van der Waals surface area contributed by atoms with Crippen molar-refractivity contribution in [2.45, 2.75) is 51.3 Å². The highest BCUT2D eigenvalue weighted by Gasteiger charge is 2.42. The smallest absolute Gasteiger partial charge is 0.407 e. The molecule has 9 heteroatoms. The Balaban J connectivity index is 1.47. The molecule has 1 aliphatic carbocycles. The number of benzene rings is 3. The predicted molar refractivity (Wildman–Crippen MR) is 167 cm³/mol. The van der Waals surface area contributed by atoms with Crippen LogP contribution < -0.4 is 5.32 Å². The number of amides is 1. The van der Waals surface area contributed by atoms with E-state index < -0.39 is 23.2 Å². The van der Waals surface area contributed by atoms with Crippen LogP contribution in [-0.2, 0) is 29.7 Å². The number of hydrogen-bond acceptors (Lipinski definition) is 5. The largest absolute Gasteiger partial charge is 0.477 e. The Hall–Kier alpha value is -5.18. The van der Waals surface area contributed by atoms with Crippen LogP contribution in [0.2, 0.25) is 0 Å². The van der Waals surface area contributed by atoms with Gasteiger partial charge in [0.2, 0.25) is 0 Å². The number of nitrogens with zero attached hydrogens (tertiary/aromatic N) is 4. The Morgan fingerprint density at radius 2 is 1.41 bits per heavy atom. The minimum atomic E-state index is -1.06. The lowest BCUT2D eigenvalue weighted by Crippen LogP contribution is -2.40. The fourth-order valence-electron chi connectivity index (χ4n) is 6.18. The highest BCUT2D eigenvalue weighted by atomic mass is 16.6. The average Bonchev–Trinajstić information content (AvgIpc) is 3.60. The minimum absolute atomic E-state index is 0.129. The van der Waals surface area contributed by atoms with E-state index in [-0.39, 0.29) is 18.8 Å². The second-order valence-electron chi connectivity index (χ2n) is 11.9. The number of fused-ring (bicyclic) bond motifs is 3. The molecule has 5 aromatic rings. The second kappa shape index (κ2) is 11.5. The molecule has 2 N–H and O–H groups in total. The lowest BCUT2D eigenvalue weighted by molar-refractivity contribution is 0.0525. The van der Waals surface area contributed by atoms with E-state index in [1.165, 1.54) is 4.68 Å². The molecule has 0 radical (unpaired) electrons. The molecule has 0 fully saturated rings. The Morgan fingerprint density at radius 3 is 1.91 bits per heavy atom. The van der Waals surface area contributed by atoms with Crippen molar-refractivity contribution in [2.75, 3.05) is 6.54 Å². The molecule has 1 aliphatic rings. The first-order valence-corrected chi connectivity index (χ1v) is 14.7. The molecule has 224 valence electrons. The number of carbonyl (C=O) groups excluding carboxylic acids is 1. The number of hydrogen-bond donors (Lipinski definition) is 2. The zero-order valence-corrected chi connectivity index (χ0v) is 25.0. The maximum Gasteiger partial charge on any atom is 0.407 e. The van der Waals surface area contributed by atoms with Gasteiger partial charge in [0.15, 0.2) is 0 Å². The van der Waals surface area contributed by atoms with E-state index in [0.717, 1.165) is 27.9 Å². The summed E-state index contributed by atoms with van der Waals surface area (Å²) in [5.74, 6) is -1.06. The summed E-state index contributed by atoms with van der Waals surface area (Å²) in [4.78, 5) is 24.7. The zero-order chi connectivity index (χ0) is 30.9. The number of ether oxygens (including phenoxy) is 1. The molecule has 0 bridgehead atoms. The third-order valence-corrected chi connectivity index (χ3v) is 7.87. The summed E-state index contributed by atoms with van der Waals surface area (Å²) in [6.07, 6.45) is 2.31. The van der Waals surface area contributed by atoms with Gasteiger partial charge in [0.1, 0.15) is 16.8 Å². The molecule has 9 nitrogen and oxygen atoms in total. The summed E-state index contributed by atoms with van der Waals surface area (Å²) in [6.45, 7) is 5.71. The summed E-state index contributed by atoms with van der Waals surface area (Å²) in [7, 11) is 0. The molecule has 0 unspecified atom stereocenters. The van der Waals surface area contributed by atoms with Crippen molar-refractivity contribution in [3.8, 4) is 11.3 Å². The number of nitrogens with one attached hydrogen (secondary N) is 1. The van der Waals surface area contributed by atoms with Crippen LogP contribution in [0.15, 0.2) is 97.2 Å². The molecular weight excluding hydrogens is 554 g/mol. The van der Waals surface area contributed by atoms with E-state index in [1.54, 1.807) is 27.0 Å². The van der Waals surface area contributed by atoms with Crippen molar-refractivity contribution < 1.29 is 19.4 Å². The van der Waals surface area contributed by atoms with Gasteiger partial charge in [0.05, 0.1) is 24.1 Å². The van der Waals surface area contributed by atoms with Gasteiger partial charge in [0.25, 0.3) is 0 Å². The maximum absolute atomic E-state index is 12.5. The summed E-state index contributed by atoms with van der Waals surface area (Å²) < 4.78 is 8.88. The van der Waals surface area contributed by atoms with Crippen LogP contribution in [0.25, 0.3) is 11.3 Å². The number of aromatic carboxylic acids is 1. The molecule has 1 amide bonds. The molecule has 2 heterocycles. The van der Waals surface area contributed by atoms with Gasteiger partial charge in [-0.3, -0.25) is 4.68 Å². The molecule has 0 atom stereocenters. The lowest BCUT2D eigenvalue weighted by atomic mass is 9.76. The Kier molecular flexibility index (Phi) is 7.55. The number of carboxylic acids is 1. The van der Waals surface area contributed by atoms with Crippen LogP contribution in [0.4, 0.5) is 4.79 Å². The van der Waals surface area contributed by atoms with Crippen LogP contribution >= 0.6 is 0 Å². The quantitative estimate of drug-likeness (QED) is 0.218. The van der Waals surface area contributed by atoms with Gasteiger partial charge >= 0.3 is 12.1 Å². The van der Waals surface area contributed by atoms with Crippen LogP contribution in [0.1, 0.15) is 59.2 Å². The van der Waals surface area contributed by atoms with Gasteiger partial charge in [0, 0.05) is 17.7 Å². The van der Waals surface area contributed by atoms with Gasteiger partial charge in [-0.15, -0.1) is 0 Å². The fourth-order valence-corrected chi connectivity index (χ4v) is 6.18. The average molecular weight is 590 g/mol. The third kappa shape index (κ3) is 5.15. The fraction of sp³-hybridized carbons (Fsp3) is 0.257. The van der Waals surface area contributed by atoms with E-state index in [4.69, 9.17) is 14.9 Å². The normalized spacial score (nSPS) is 12.7. The van der Waals surface area contributed by atoms with E-state index in [9.17, 15) is 14.7 Å². The van der Waals surface area contributed by atoms with Crippen LogP contribution in [0, 0.1) is 0 Å². The van der Waals surface area contributed by atoms with Crippen molar-refractivity contribution in [3.63, 3.8) is 0 Å². The van der Waals surface area contributed by atoms with E-state index in [1.807, 2.05) is 54.6 Å². The van der Waals surface area contributed by atoms with Crippen molar-refractivity contribution in [2.24, 2.45) is 0 Å². The van der Waals surface area contributed by atoms with E-state index >= 15 is 0 Å². The van der Waals surface area contributed by atoms with Gasteiger partial charge in [-0.1, -0.05) is 91.0 Å². The number of carbonyl (C=O) groups is 2. The van der Waals surface area contributed by atoms with Gasteiger partial charge in [-0.05, 0) is 50.3 Å². The maximum atomic E-state index is 12.5. The Labute approximate surface area is 256 Å². The second-order valence-corrected chi connectivity index (χ2v) is 11.9. The lowest BCUT2D eigenvalue weighted by Gasteiger charge is -2.38.